The van der Waals surface area contributed by atoms with E-state index in [0.29, 0.717) is 11.7 Å². The van der Waals surface area contributed by atoms with E-state index < -0.39 is 9.84 Å². The predicted molar refractivity (Wildman–Crippen MR) is 112 cm³/mol. The van der Waals surface area contributed by atoms with E-state index >= 15 is 0 Å². The van der Waals surface area contributed by atoms with Gasteiger partial charge in [-0.2, -0.15) is 0 Å². The van der Waals surface area contributed by atoms with Gasteiger partial charge in [-0.25, -0.2) is 13.4 Å². The Labute approximate surface area is 167 Å². The van der Waals surface area contributed by atoms with Crippen molar-refractivity contribution >= 4 is 26.6 Å². The summed E-state index contributed by atoms with van der Waals surface area (Å²) < 4.78 is 28.5. The van der Waals surface area contributed by atoms with Gasteiger partial charge in [0, 0.05) is 38.6 Å². The molecule has 3 heterocycles. The van der Waals surface area contributed by atoms with Crippen LogP contribution >= 0.6 is 0 Å². The van der Waals surface area contributed by atoms with Gasteiger partial charge in [-0.15, -0.1) is 0 Å². The highest BCUT2D eigenvalue weighted by Crippen LogP contribution is 2.32. The number of fused-ring (bicyclic) bond motifs is 1. The van der Waals surface area contributed by atoms with E-state index in [1.807, 2.05) is 18.3 Å². The molecule has 0 bridgehead atoms. The standard InChI is InChI=1S/C21H31N3O3S/c1-28(25,26)16-18-4-2-17(3-5-18)7-10-23-11-13-24(14-12-23)21-19-8-15-27-20(19)6-9-22-21/h6,8-9,15,17-18H,2-5,7,10-14,16H2,1H3. The van der Waals surface area contributed by atoms with E-state index in [1.165, 1.54) is 25.5 Å². The van der Waals surface area contributed by atoms with Crippen molar-refractivity contribution in [2.24, 2.45) is 11.8 Å². The third-order valence-electron chi connectivity index (χ3n) is 6.39. The van der Waals surface area contributed by atoms with Crippen LogP contribution in [0.25, 0.3) is 11.0 Å². The van der Waals surface area contributed by atoms with E-state index in [0.717, 1.165) is 68.3 Å². The van der Waals surface area contributed by atoms with Gasteiger partial charge in [-0.3, -0.25) is 4.90 Å². The minimum absolute atomic E-state index is 0.374. The lowest BCUT2D eigenvalue weighted by molar-refractivity contribution is 0.208. The summed E-state index contributed by atoms with van der Waals surface area (Å²) in [4.78, 5) is 9.51. The van der Waals surface area contributed by atoms with E-state index in [4.69, 9.17) is 4.42 Å². The van der Waals surface area contributed by atoms with Crippen molar-refractivity contribution in [1.82, 2.24) is 9.88 Å². The van der Waals surface area contributed by atoms with Crippen LogP contribution in [-0.4, -0.2) is 63.0 Å². The smallest absolute Gasteiger partial charge is 0.147 e. The second kappa shape index (κ2) is 8.41. The molecule has 0 atom stereocenters. The van der Waals surface area contributed by atoms with Gasteiger partial charge in [0.15, 0.2) is 0 Å². The summed E-state index contributed by atoms with van der Waals surface area (Å²) in [6, 6.07) is 3.92. The van der Waals surface area contributed by atoms with Gasteiger partial charge in [0.2, 0.25) is 0 Å². The van der Waals surface area contributed by atoms with Gasteiger partial charge in [0.1, 0.15) is 21.2 Å². The number of hydrogen-bond acceptors (Lipinski definition) is 6. The number of anilines is 1. The fraction of sp³-hybridized carbons (Fsp3) is 0.667. The Bertz CT molecular complexity index is 879. The molecule has 1 aliphatic heterocycles. The molecule has 0 N–H and O–H groups in total. The molecule has 6 nitrogen and oxygen atoms in total. The normalized spacial score (nSPS) is 24.7. The second-order valence-corrected chi connectivity index (χ2v) is 10.7. The predicted octanol–water partition coefficient (Wildman–Crippen LogP) is 3.19. The molecule has 0 spiro atoms. The first-order valence-electron chi connectivity index (χ1n) is 10.5. The number of rotatable bonds is 6. The van der Waals surface area contributed by atoms with Crippen molar-refractivity contribution in [2.45, 2.75) is 32.1 Å². The lowest BCUT2D eigenvalue weighted by Gasteiger charge is -2.36. The summed E-state index contributed by atoms with van der Waals surface area (Å²) >= 11 is 0. The van der Waals surface area contributed by atoms with Gasteiger partial charge in [-0.1, -0.05) is 12.8 Å². The average molecular weight is 406 g/mol. The van der Waals surface area contributed by atoms with Gasteiger partial charge < -0.3 is 9.32 Å². The SMILES string of the molecule is CS(=O)(=O)CC1CCC(CCN2CCN(c3nccc4occc34)CC2)CC1. The molecular weight excluding hydrogens is 374 g/mol. The average Bonchev–Trinajstić information content (AvgIpc) is 3.16. The minimum Gasteiger partial charge on any atom is -0.464 e. The van der Waals surface area contributed by atoms with Gasteiger partial charge in [0.05, 0.1) is 17.4 Å². The van der Waals surface area contributed by atoms with Crippen molar-refractivity contribution in [2.75, 3.05) is 49.6 Å². The van der Waals surface area contributed by atoms with E-state index in [2.05, 4.69) is 14.8 Å². The zero-order chi connectivity index (χ0) is 19.6. The van der Waals surface area contributed by atoms with Crippen molar-refractivity contribution < 1.29 is 12.8 Å². The zero-order valence-corrected chi connectivity index (χ0v) is 17.5. The highest BCUT2D eigenvalue weighted by atomic mass is 32.2. The fourth-order valence-electron chi connectivity index (χ4n) is 4.80. The summed E-state index contributed by atoms with van der Waals surface area (Å²) in [5, 5.41) is 1.10. The number of furan rings is 1. The summed E-state index contributed by atoms with van der Waals surface area (Å²) in [7, 11) is -2.83. The molecule has 2 aliphatic rings. The maximum absolute atomic E-state index is 11.5. The lowest BCUT2D eigenvalue weighted by atomic mass is 9.81. The third-order valence-corrected chi connectivity index (χ3v) is 7.47. The number of hydrogen-bond donors (Lipinski definition) is 0. The number of aromatic nitrogens is 1. The van der Waals surface area contributed by atoms with E-state index in [1.54, 1.807) is 6.26 Å². The number of nitrogens with zero attached hydrogens (tertiary/aromatic N) is 3. The maximum atomic E-state index is 11.5. The van der Waals surface area contributed by atoms with Gasteiger partial charge in [-0.05, 0) is 49.8 Å². The molecular formula is C21H31N3O3S. The van der Waals surface area contributed by atoms with Gasteiger partial charge >= 0.3 is 0 Å². The molecule has 28 heavy (non-hydrogen) atoms. The molecule has 4 rings (SSSR count). The Kier molecular flexibility index (Phi) is 5.92. The molecule has 1 saturated carbocycles. The van der Waals surface area contributed by atoms with Crippen LogP contribution in [0.4, 0.5) is 5.82 Å². The van der Waals surface area contributed by atoms with Crippen molar-refractivity contribution in [3.05, 3.63) is 24.6 Å². The van der Waals surface area contributed by atoms with Crippen LogP contribution in [-0.2, 0) is 9.84 Å². The summed E-state index contributed by atoms with van der Waals surface area (Å²) in [5.74, 6) is 2.55. The van der Waals surface area contributed by atoms with E-state index in [9.17, 15) is 8.42 Å². The molecule has 1 aliphatic carbocycles. The molecule has 2 aromatic heterocycles. The Morgan fingerprint density at radius 1 is 1.07 bits per heavy atom. The largest absolute Gasteiger partial charge is 0.464 e. The third kappa shape index (κ3) is 4.87. The van der Waals surface area contributed by atoms with Crippen molar-refractivity contribution in [1.29, 1.82) is 0 Å². The zero-order valence-electron chi connectivity index (χ0n) is 16.7. The topological polar surface area (TPSA) is 66.7 Å². The first-order valence-corrected chi connectivity index (χ1v) is 12.5. The second-order valence-electron chi connectivity index (χ2n) is 8.56. The van der Waals surface area contributed by atoms with Crippen LogP contribution in [0.3, 0.4) is 0 Å². The first-order chi connectivity index (χ1) is 13.5. The minimum atomic E-state index is -2.83. The monoisotopic (exact) mass is 405 g/mol. The van der Waals surface area contributed by atoms with Crippen LogP contribution in [0.5, 0.6) is 0 Å². The molecule has 2 aromatic rings. The fourth-order valence-corrected chi connectivity index (χ4v) is 5.98. The summed E-state index contributed by atoms with van der Waals surface area (Å²) in [6.45, 7) is 5.29. The van der Waals surface area contributed by atoms with Gasteiger partial charge in [0.25, 0.3) is 0 Å². The number of piperazine rings is 1. The quantitative estimate of drug-likeness (QED) is 0.735. The molecule has 0 unspecified atom stereocenters. The van der Waals surface area contributed by atoms with E-state index in [-0.39, 0.29) is 0 Å². The number of pyridine rings is 1. The lowest BCUT2D eigenvalue weighted by Crippen LogP contribution is -2.47. The Morgan fingerprint density at radius 3 is 2.50 bits per heavy atom. The molecule has 0 aromatic carbocycles. The molecule has 7 heteroatoms. The van der Waals surface area contributed by atoms with Crippen LogP contribution in [0.2, 0.25) is 0 Å². The van der Waals surface area contributed by atoms with Crippen LogP contribution in [0, 0.1) is 11.8 Å². The van der Waals surface area contributed by atoms with Crippen molar-refractivity contribution in [3.63, 3.8) is 0 Å². The molecule has 2 fully saturated rings. The first kappa shape index (κ1) is 19.7. The maximum Gasteiger partial charge on any atom is 0.147 e. The summed E-state index contributed by atoms with van der Waals surface area (Å²) in [5.41, 5.74) is 0.902. The molecule has 0 amide bonds. The van der Waals surface area contributed by atoms with Crippen molar-refractivity contribution in [3.8, 4) is 0 Å². The molecule has 0 radical (unpaired) electrons. The highest BCUT2D eigenvalue weighted by molar-refractivity contribution is 7.90. The Hall–Kier alpha value is -1.60. The Balaban J connectivity index is 1.21. The van der Waals surface area contributed by atoms with Crippen LogP contribution in [0.1, 0.15) is 32.1 Å². The number of sulfone groups is 1. The summed E-state index contributed by atoms with van der Waals surface area (Å²) in [6.07, 6.45) is 10.7. The van der Waals surface area contributed by atoms with Crippen LogP contribution < -0.4 is 4.90 Å². The molecule has 154 valence electrons. The highest BCUT2D eigenvalue weighted by Gasteiger charge is 2.25. The molecule has 1 saturated heterocycles. The Morgan fingerprint density at radius 2 is 1.79 bits per heavy atom. The van der Waals surface area contributed by atoms with Crippen LogP contribution in [0.15, 0.2) is 29.0 Å².